The number of aliphatic carboxylic acids is 1. The highest BCUT2D eigenvalue weighted by Gasteiger charge is 2.22. The van der Waals surface area contributed by atoms with Gasteiger partial charge in [-0.2, -0.15) is 0 Å². The van der Waals surface area contributed by atoms with E-state index in [0.29, 0.717) is 25.3 Å². The third kappa shape index (κ3) is 4.17. The molecule has 2 rings (SSSR count). The standard InChI is InChI=1S/C13H15NO5/c15-12(16)6-3-9-1-4-10(5-2-9)18-8-11-7-14-13(17)19-11/h1-2,4-5,11H,3,6-8H2,(H,14,17)(H,15,16). The second kappa shape index (κ2) is 6.08. The van der Waals surface area contributed by atoms with E-state index < -0.39 is 12.1 Å². The lowest BCUT2D eigenvalue weighted by atomic mass is 10.1. The molecular weight excluding hydrogens is 250 g/mol. The second-order valence-corrected chi connectivity index (χ2v) is 4.26. The molecule has 0 saturated carbocycles. The van der Waals surface area contributed by atoms with Crippen molar-refractivity contribution in [3.8, 4) is 5.75 Å². The Bertz CT molecular complexity index is 457. The molecule has 1 saturated heterocycles. The maximum Gasteiger partial charge on any atom is 0.407 e. The van der Waals surface area contributed by atoms with E-state index in [1.807, 2.05) is 12.1 Å². The number of amides is 1. The Kier molecular flexibility index (Phi) is 4.22. The molecule has 0 aromatic heterocycles. The number of cyclic esters (lactones) is 1. The molecule has 6 nitrogen and oxygen atoms in total. The van der Waals surface area contributed by atoms with Gasteiger partial charge in [0.25, 0.3) is 0 Å². The van der Waals surface area contributed by atoms with Crippen molar-refractivity contribution in [2.75, 3.05) is 13.2 Å². The Morgan fingerprint density at radius 1 is 1.42 bits per heavy atom. The second-order valence-electron chi connectivity index (χ2n) is 4.26. The van der Waals surface area contributed by atoms with Gasteiger partial charge < -0.3 is 19.9 Å². The Balaban J connectivity index is 1.78. The Labute approximate surface area is 110 Å². The summed E-state index contributed by atoms with van der Waals surface area (Å²) in [6, 6.07) is 7.22. The monoisotopic (exact) mass is 265 g/mol. The van der Waals surface area contributed by atoms with E-state index in [4.69, 9.17) is 14.6 Å². The summed E-state index contributed by atoms with van der Waals surface area (Å²) in [5, 5.41) is 11.1. The summed E-state index contributed by atoms with van der Waals surface area (Å²) in [6.45, 7) is 0.753. The quantitative estimate of drug-likeness (QED) is 0.807. The largest absolute Gasteiger partial charge is 0.490 e. The lowest BCUT2D eigenvalue weighted by Crippen LogP contribution is -2.21. The minimum absolute atomic E-state index is 0.115. The van der Waals surface area contributed by atoms with Crippen molar-refractivity contribution in [1.29, 1.82) is 0 Å². The summed E-state index contributed by atoms with van der Waals surface area (Å²) in [6.07, 6.45) is -0.0688. The van der Waals surface area contributed by atoms with Gasteiger partial charge in [-0.1, -0.05) is 12.1 Å². The van der Waals surface area contributed by atoms with Crippen molar-refractivity contribution in [3.05, 3.63) is 29.8 Å². The first-order valence-electron chi connectivity index (χ1n) is 6.01. The van der Waals surface area contributed by atoms with Crippen LogP contribution in [0.1, 0.15) is 12.0 Å². The van der Waals surface area contributed by atoms with E-state index in [1.54, 1.807) is 12.1 Å². The van der Waals surface area contributed by atoms with Gasteiger partial charge in [-0.3, -0.25) is 4.79 Å². The number of carbonyl (C=O) groups is 2. The first kappa shape index (κ1) is 13.2. The first-order chi connectivity index (χ1) is 9.13. The Morgan fingerprint density at radius 3 is 2.74 bits per heavy atom. The summed E-state index contributed by atoms with van der Waals surface area (Å²) in [4.78, 5) is 21.2. The van der Waals surface area contributed by atoms with Crippen LogP contribution in [0.2, 0.25) is 0 Å². The number of benzene rings is 1. The van der Waals surface area contributed by atoms with Crippen molar-refractivity contribution in [2.24, 2.45) is 0 Å². The van der Waals surface area contributed by atoms with E-state index in [2.05, 4.69) is 5.32 Å². The fourth-order valence-electron chi connectivity index (χ4n) is 1.72. The lowest BCUT2D eigenvalue weighted by molar-refractivity contribution is -0.136. The van der Waals surface area contributed by atoms with Crippen LogP contribution in [0.3, 0.4) is 0 Å². The van der Waals surface area contributed by atoms with E-state index in [0.717, 1.165) is 5.56 Å². The third-order valence-electron chi connectivity index (χ3n) is 2.73. The number of hydrogen-bond donors (Lipinski definition) is 2. The van der Waals surface area contributed by atoms with Crippen LogP contribution in [0.4, 0.5) is 4.79 Å². The van der Waals surface area contributed by atoms with Gasteiger partial charge in [0.2, 0.25) is 0 Å². The average molecular weight is 265 g/mol. The van der Waals surface area contributed by atoms with Crippen molar-refractivity contribution < 1.29 is 24.2 Å². The molecule has 1 amide bonds. The predicted octanol–water partition coefficient (Wildman–Crippen LogP) is 1.19. The highest BCUT2D eigenvalue weighted by atomic mass is 16.6. The number of aryl methyl sites for hydroxylation is 1. The van der Waals surface area contributed by atoms with Crippen molar-refractivity contribution in [1.82, 2.24) is 5.32 Å². The third-order valence-corrected chi connectivity index (χ3v) is 2.73. The van der Waals surface area contributed by atoms with E-state index in [9.17, 15) is 9.59 Å². The number of carboxylic acids is 1. The fourth-order valence-corrected chi connectivity index (χ4v) is 1.72. The normalized spacial score (nSPS) is 17.7. The van der Waals surface area contributed by atoms with Crippen molar-refractivity contribution in [2.45, 2.75) is 18.9 Å². The lowest BCUT2D eigenvalue weighted by Gasteiger charge is -2.10. The first-order valence-corrected chi connectivity index (χ1v) is 6.01. The molecule has 1 aromatic rings. The molecule has 0 spiro atoms. The maximum atomic E-state index is 10.8. The van der Waals surface area contributed by atoms with Crippen LogP contribution >= 0.6 is 0 Å². The van der Waals surface area contributed by atoms with E-state index in [1.165, 1.54) is 0 Å². The fraction of sp³-hybridized carbons (Fsp3) is 0.385. The molecule has 1 atom stereocenters. The van der Waals surface area contributed by atoms with Gasteiger partial charge in [0.15, 0.2) is 6.10 Å². The molecule has 6 heteroatoms. The zero-order chi connectivity index (χ0) is 13.7. The summed E-state index contributed by atoms with van der Waals surface area (Å²) >= 11 is 0. The summed E-state index contributed by atoms with van der Waals surface area (Å²) < 4.78 is 10.4. The Morgan fingerprint density at radius 2 is 2.16 bits per heavy atom. The Hall–Kier alpha value is -2.24. The molecule has 1 aliphatic rings. The number of rotatable bonds is 6. The van der Waals surface area contributed by atoms with Gasteiger partial charge in [0.05, 0.1) is 6.54 Å². The highest BCUT2D eigenvalue weighted by molar-refractivity contribution is 5.69. The van der Waals surface area contributed by atoms with Crippen LogP contribution in [-0.2, 0) is 16.0 Å². The summed E-state index contributed by atoms with van der Waals surface area (Å²) in [5.74, 6) is -0.141. The number of hydrogen-bond acceptors (Lipinski definition) is 4. The van der Waals surface area contributed by atoms with Crippen LogP contribution in [0.25, 0.3) is 0 Å². The molecule has 1 aliphatic heterocycles. The van der Waals surface area contributed by atoms with Crippen LogP contribution in [-0.4, -0.2) is 36.4 Å². The number of carbonyl (C=O) groups excluding carboxylic acids is 1. The minimum atomic E-state index is -0.809. The summed E-state index contributed by atoms with van der Waals surface area (Å²) in [5.41, 5.74) is 0.948. The molecule has 102 valence electrons. The topological polar surface area (TPSA) is 84.9 Å². The molecule has 1 fully saturated rings. The van der Waals surface area contributed by atoms with Crippen LogP contribution in [0, 0.1) is 0 Å². The molecule has 19 heavy (non-hydrogen) atoms. The van der Waals surface area contributed by atoms with Crippen LogP contribution in [0.5, 0.6) is 5.75 Å². The van der Waals surface area contributed by atoms with Gasteiger partial charge in [-0.15, -0.1) is 0 Å². The molecule has 0 aliphatic carbocycles. The highest BCUT2D eigenvalue weighted by Crippen LogP contribution is 2.14. The molecule has 0 radical (unpaired) electrons. The summed E-state index contributed by atoms with van der Waals surface area (Å²) in [7, 11) is 0. The molecule has 2 N–H and O–H groups in total. The maximum absolute atomic E-state index is 10.8. The number of alkyl carbamates (subject to hydrolysis) is 1. The number of nitrogens with one attached hydrogen (secondary N) is 1. The van der Waals surface area contributed by atoms with E-state index >= 15 is 0 Å². The SMILES string of the molecule is O=C(O)CCc1ccc(OCC2CNC(=O)O2)cc1. The minimum Gasteiger partial charge on any atom is -0.490 e. The van der Waals surface area contributed by atoms with Crippen molar-refractivity contribution in [3.63, 3.8) is 0 Å². The molecular formula is C13H15NO5. The molecule has 0 bridgehead atoms. The van der Waals surface area contributed by atoms with Gasteiger partial charge in [0, 0.05) is 6.42 Å². The molecule has 1 unspecified atom stereocenters. The van der Waals surface area contributed by atoms with Gasteiger partial charge >= 0.3 is 12.1 Å². The van der Waals surface area contributed by atoms with E-state index in [-0.39, 0.29) is 12.5 Å². The molecule has 1 heterocycles. The zero-order valence-corrected chi connectivity index (χ0v) is 10.3. The van der Waals surface area contributed by atoms with Crippen molar-refractivity contribution >= 4 is 12.1 Å². The number of ether oxygens (including phenoxy) is 2. The predicted molar refractivity (Wildman–Crippen MR) is 66.2 cm³/mol. The molecule has 1 aromatic carbocycles. The zero-order valence-electron chi connectivity index (χ0n) is 10.3. The number of carboxylic acid groups (broad SMARTS) is 1. The smallest absolute Gasteiger partial charge is 0.407 e. The van der Waals surface area contributed by atoms with Crippen LogP contribution in [0.15, 0.2) is 24.3 Å². The van der Waals surface area contributed by atoms with Crippen LogP contribution < -0.4 is 10.1 Å². The average Bonchev–Trinajstić information content (AvgIpc) is 2.81. The van der Waals surface area contributed by atoms with Gasteiger partial charge in [-0.25, -0.2) is 4.79 Å². The van der Waals surface area contributed by atoms with Gasteiger partial charge in [0.1, 0.15) is 12.4 Å². The van der Waals surface area contributed by atoms with Gasteiger partial charge in [-0.05, 0) is 24.1 Å².